The van der Waals surface area contributed by atoms with Gasteiger partial charge in [-0.05, 0) is 53.6 Å². The quantitative estimate of drug-likeness (QED) is 0.675. The van der Waals surface area contributed by atoms with Crippen LogP contribution in [0.25, 0.3) is 10.8 Å². The number of fused-ring (bicyclic) bond motifs is 1. The average Bonchev–Trinajstić information content (AvgIpc) is 2.78. The lowest BCUT2D eigenvalue weighted by atomic mass is 10.1. The van der Waals surface area contributed by atoms with E-state index in [-0.39, 0.29) is 5.91 Å². The molecule has 1 amide bonds. The number of rotatable bonds is 6. The Labute approximate surface area is 171 Å². The fraction of sp³-hybridized carbons (Fsp3) is 0.292. The molecule has 1 fully saturated rings. The average molecular weight is 390 g/mol. The van der Waals surface area contributed by atoms with E-state index in [1.54, 1.807) is 0 Å². The van der Waals surface area contributed by atoms with Crippen LogP contribution in [0.3, 0.4) is 0 Å². The van der Waals surface area contributed by atoms with Crippen molar-refractivity contribution in [3.63, 3.8) is 0 Å². The van der Waals surface area contributed by atoms with Gasteiger partial charge in [0, 0.05) is 24.5 Å². The minimum atomic E-state index is -0.546. The van der Waals surface area contributed by atoms with Crippen LogP contribution < -0.4 is 15.0 Å². The van der Waals surface area contributed by atoms with Crippen LogP contribution in [-0.4, -0.2) is 38.3 Å². The summed E-state index contributed by atoms with van der Waals surface area (Å²) in [5, 5.41) is 5.22. The van der Waals surface area contributed by atoms with Crippen molar-refractivity contribution in [2.45, 2.75) is 19.4 Å². The Morgan fingerprint density at radius 3 is 2.48 bits per heavy atom. The van der Waals surface area contributed by atoms with Gasteiger partial charge in [-0.25, -0.2) is 0 Å². The van der Waals surface area contributed by atoms with Crippen molar-refractivity contribution in [3.05, 3.63) is 66.7 Å². The monoisotopic (exact) mass is 390 g/mol. The molecular weight excluding hydrogens is 364 g/mol. The summed E-state index contributed by atoms with van der Waals surface area (Å²) in [6.07, 6.45) is 0.0416. The molecule has 0 radical (unpaired) electrons. The van der Waals surface area contributed by atoms with Crippen LogP contribution in [0.2, 0.25) is 0 Å². The fourth-order valence-corrected chi connectivity index (χ4v) is 3.53. The number of morpholine rings is 1. The minimum absolute atomic E-state index is 0.139. The first-order chi connectivity index (χ1) is 14.2. The zero-order chi connectivity index (χ0) is 20.1. The first-order valence-electron chi connectivity index (χ1n) is 10.1. The maximum atomic E-state index is 12.7. The Morgan fingerprint density at radius 2 is 1.76 bits per heavy atom. The van der Waals surface area contributed by atoms with Crippen molar-refractivity contribution in [2.24, 2.45) is 0 Å². The van der Waals surface area contributed by atoms with E-state index in [4.69, 9.17) is 9.47 Å². The molecule has 0 unspecified atom stereocenters. The first kappa shape index (κ1) is 19.3. The first-order valence-corrected chi connectivity index (χ1v) is 10.1. The molecule has 1 N–H and O–H groups in total. The Kier molecular flexibility index (Phi) is 5.96. The van der Waals surface area contributed by atoms with E-state index in [9.17, 15) is 4.79 Å². The molecule has 1 heterocycles. The molecule has 0 spiro atoms. The standard InChI is InChI=1S/C24H26N2O3/c1-2-23(29-22-12-7-18-5-3-4-6-19(18)17-22)24(27)25-20-8-10-21(11-9-20)26-13-15-28-16-14-26/h3-12,17,23H,2,13-16H2,1H3,(H,25,27)/t23-/m0/s1. The number of ether oxygens (including phenoxy) is 2. The smallest absolute Gasteiger partial charge is 0.265 e. The van der Waals surface area contributed by atoms with Crippen LogP contribution in [0.15, 0.2) is 66.7 Å². The van der Waals surface area contributed by atoms with Crippen molar-refractivity contribution in [3.8, 4) is 5.75 Å². The van der Waals surface area contributed by atoms with Gasteiger partial charge in [0.15, 0.2) is 6.10 Å². The van der Waals surface area contributed by atoms with Crippen LogP contribution in [0, 0.1) is 0 Å². The van der Waals surface area contributed by atoms with E-state index in [2.05, 4.69) is 16.3 Å². The van der Waals surface area contributed by atoms with Gasteiger partial charge in [-0.15, -0.1) is 0 Å². The second kappa shape index (κ2) is 8.97. The van der Waals surface area contributed by atoms with Crippen molar-refractivity contribution in [2.75, 3.05) is 36.5 Å². The highest BCUT2D eigenvalue weighted by atomic mass is 16.5. The number of carbonyl (C=O) groups excluding carboxylic acids is 1. The number of nitrogens with one attached hydrogen (secondary N) is 1. The number of benzene rings is 3. The predicted molar refractivity (Wildman–Crippen MR) is 117 cm³/mol. The normalized spacial score (nSPS) is 15.1. The Bertz CT molecular complexity index is 965. The van der Waals surface area contributed by atoms with E-state index < -0.39 is 6.10 Å². The molecule has 4 rings (SSSR count). The number of nitrogens with zero attached hydrogens (tertiary/aromatic N) is 1. The summed E-state index contributed by atoms with van der Waals surface area (Å²) in [5.74, 6) is 0.563. The molecule has 0 aliphatic carbocycles. The van der Waals surface area contributed by atoms with Gasteiger partial charge < -0.3 is 19.7 Å². The number of hydrogen-bond donors (Lipinski definition) is 1. The summed E-state index contributed by atoms with van der Waals surface area (Å²) in [4.78, 5) is 15.0. The number of carbonyl (C=O) groups is 1. The molecule has 0 aromatic heterocycles. The SMILES string of the molecule is CC[C@H](Oc1ccc2ccccc2c1)C(=O)Nc1ccc(N2CCOCC2)cc1. The lowest BCUT2D eigenvalue weighted by Gasteiger charge is -2.29. The third kappa shape index (κ3) is 4.69. The van der Waals surface area contributed by atoms with Crippen molar-refractivity contribution >= 4 is 28.1 Å². The van der Waals surface area contributed by atoms with Gasteiger partial charge >= 0.3 is 0 Å². The summed E-state index contributed by atoms with van der Waals surface area (Å²) in [6.45, 7) is 5.24. The van der Waals surface area contributed by atoms with Gasteiger partial charge in [0.25, 0.3) is 5.91 Å². The molecule has 3 aromatic rings. The molecule has 5 heteroatoms. The molecule has 1 saturated heterocycles. The molecule has 1 aliphatic rings. The van der Waals surface area contributed by atoms with Gasteiger partial charge in [-0.3, -0.25) is 4.79 Å². The second-order valence-corrected chi connectivity index (χ2v) is 7.16. The fourth-order valence-electron chi connectivity index (χ4n) is 3.53. The van der Waals surface area contributed by atoms with Gasteiger partial charge in [0.1, 0.15) is 5.75 Å². The second-order valence-electron chi connectivity index (χ2n) is 7.16. The van der Waals surface area contributed by atoms with Crippen molar-refractivity contribution < 1.29 is 14.3 Å². The maximum Gasteiger partial charge on any atom is 0.265 e. The van der Waals surface area contributed by atoms with E-state index in [1.165, 1.54) is 0 Å². The number of amides is 1. The molecule has 29 heavy (non-hydrogen) atoms. The number of anilines is 2. The lowest BCUT2D eigenvalue weighted by molar-refractivity contribution is -0.122. The maximum absolute atomic E-state index is 12.7. The van der Waals surface area contributed by atoms with Gasteiger partial charge in [0.05, 0.1) is 13.2 Å². The molecular formula is C24H26N2O3. The highest BCUT2D eigenvalue weighted by Gasteiger charge is 2.19. The predicted octanol–water partition coefficient (Wildman–Crippen LogP) is 4.47. The summed E-state index contributed by atoms with van der Waals surface area (Å²) in [6, 6.07) is 21.9. The molecule has 0 saturated carbocycles. The Morgan fingerprint density at radius 1 is 1.03 bits per heavy atom. The third-order valence-corrected chi connectivity index (χ3v) is 5.17. The van der Waals surface area contributed by atoms with Crippen LogP contribution in [0.5, 0.6) is 5.75 Å². The lowest BCUT2D eigenvalue weighted by Crippen LogP contribution is -2.36. The van der Waals surface area contributed by atoms with Gasteiger partial charge in [-0.1, -0.05) is 37.3 Å². The largest absolute Gasteiger partial charge is 0.481 e. The third-order valence-electron chi connectivity index (χ3n) is 5.17. The highest BCUT2D eigenvalue weighted by Crippen LogP contribution is 2.23. The van der Waals surface area contributed by atoms with Crippen molar-refractivity contribution in [1.82, 2.24) is 0 Å². The number of hydrogen-bond acceptors (Lipinski definition) is 4. The van der Waals surface area contributed by atoms with E-state index in [0.29, 0.717) is 12.2 Å². The van der Waals surface area contributed by atoms with Gasteiger partial charge in [0.2, 0.25) is 0 Å². The highest BCUT2D eigenvalue weighted by molar-refractivity contribution is 5.94. The Balaban J connectivity index is 1.40. The Hall–Kier alpha value is -3.05. The summed E-state index contributed by atoms with van der Waals surface area (Å²) in [7, 11) is 0. The van der Waals surface area contributed by atoms with E-state index in [1.807, 2.05) is 67.6 Å². The molecule has 1 atom stereocenters. The minimum Gasteiger partial charge on any atom is -0.481 e. The van der Waals surface area contributed by atoms with Crippen LogP contribution in [0.4, 0.5) is 11.4 Å². The zero-order valence-corrected chi connectivity index (χ0v) is 16.6. The molecule has 150 valence electrons. The zero-order valence-electron chi connectivity index (χ0n) is 16.6. The van der Waals surface area contributed by atoms with E-state index in [0.717, 1.165) is 48.5 Å². The topological polar surface area (TPSA) is 50.8 Å². The van der Waals surface area contributed by atoms with E-state index >= 15 is 0 Å². The molecule has 1 aliphatic heterocycles. The summed E-state index contributed by atoms with van der Waals surface area (Å²) in [5.41, 5.74) is 1.92. The van der Waals surface area contributed by atoms with Crippen LogP contribution in [0.1, 0.15) is 13.3 Å². The van der Waals surface area contributed by atoms with Crippen molar-refractivity contribution in [1.29, 1.82) is 0 Å². The van der Waals surface area contributed by atoms with Crippen LogP contribution in [-0.2, 0) is 9.53 Å². The molecule has 3 aromatic carbocycles. The molecule has 0 bridgehead atoms. The van der Waals surface area contributed by atoms with Crippen LogP contribution >= 0.6 is 0 Å². The summed E-state index contributed by atoms with van der Waals surface area (Å²) < 4.78 is 11.4. The van der Waals surface area contributed by atoms with Gasteiger partial charge in [-0.2, -0.15) is 0 Å². The molecule has 5 nitrogen and oxygen atoms in total. The summed E-state index contributed by atoms with van der Waals surface area (Å²) >= 11 is 0.